The predicted molar refractivity (Wildman–Crippen MR) is 74.9 cm³/mol. The van der Waals surface area contributed by atoms with E-state index in [0.29, 0.717) is 11.4 Å². The Balaban J connectivity index is 2.50. The third-order valence-electron chi connectivity index (χ3n) is 3.38. The largest absolute Gasteiger partial charge is 0.468 e. The molecule has 6 heteroatoms. The van der Waals surface area contributed by atoms with E-state index in [1.54, 1.807) is 24.5 Å². The van der Waals surface area contributed by atoms with E-state index in [2.05, 4.69) is 9.97 Å². The minimum Gasteiger partial charge on any atom is -0.468 e. The number of methoxy groups -OCH3 is 1. The first kappa shape index (κ1) is 15.1. The van der Waals surface area contributed by atoms with E-state index in [9.17, 15) is 9.18 Å². The van der Waals surface area contributed by atoms with Crippen molar-refractivity contribution in [2.45, 2.75) is 11.8 Å². The number of hydrogen-bond donors (Lipinski definition) is 1. The minimum atomic E-state index is -1.21. The second-order valence-corrected chi connectivity index (χ2v) is 4.63. The standard InChI is InChI=1S/C15H16FN3O2/c1-21-14(20)15(10-17,9-13-18-6-3-7-19-13)11-4-2-5-12(16)8-11/h2-8H,9-10,17H2,1H3. The fourth-order valence-electron chi connectivity index (χ4n) is 2.24. The summed E-state index contributed by atoms with van der Waals surface area (Å²) in [5.74, 6) is -0.538. The second-order valence-electron chi connectivity index (χ2n) is 4.63. The zero-order valence-electron chi connectivity index (χ0n) is 11.6. The van der Waals surface area contributed by atoms with Crippen molar-refractivity contribution in [2.75, 3.05) is 13.7 Å². The van der Waals surface area contributed by atoms with Gasteiger partial charge in [-0.3, -0.25) is 4.79 Å². The van der Waals surface area contributed by atoms with Gasteiger partial charge in [-0.25, -0.2) is 14.4 Å². The smallest absolute Gasteiger partial charge is 0.318 e. The summed E-state index contributed by atoms with van der Waals surface area (Å²) in [6.07, 6.45) is 3.29. The Morgan fingerprint density at radius 3 is 2.62 bits per heavy atom. The molecular formula is C15H16FN3O2. The van der Waals surface area contributed by atoms with Crippen LogP contribution in [-0.2, 0) is 21.4 Å². The number of carbonyl (C=O) groups is 1. The maximum atomic E-state index is 13.5. The summed E-state index contributed by atoms with van der Waals surface area (Å²) in [5.41, 5.74) is 5.07. The van der Waals surface area contributed by atoms with Gasteiger partial charge in [-0.15, -0.1) is 0 Å². The van der Waals surface area contributed by atoms with Crippen molar-refractivity contribution >= 4 is 5.97 Å². The quantitative estimate of drug-likeness (QED) is 0.838. The number of rotatable bonds is 5. The summed E-state index contributed by atoms with van der Waals surface area (Å²) in [5, 5.41) is 0. The van der Waals surface area contributed by atoms with E-state index >= 15 is 0 Å². The summed E-state index contributed by atoms with van der Waals surface area (Å²) < 4.78 is 18.4. The molecule has 1 atom stereocenters. The van der Waals surface area contributed by atoms with E-state index in [0.717, 1.165) is 0 Å². The number of benzene rings is 1. The van der Waals surface area contributed by atoms with Crippen LogP contribution in [0, 0.1) is 5.82 Å². The number of hydrogen-bond acceptors (Lipinski definition) is 5. The highest BCUT2D eigenvalue weighted by Crippen LogP contribution is 2.29. The lowest BCUT2D eigenvalue weighted by atomic mass is 9.77. The van der Waals surface area contributed by atoms with Gasteiger partial charge in [-0.1, -0.05) is 12.1 Å². The zero-order valence-corrected chi connectivity index (χ0v) is 11.6. The molecule has 0 spiro atoms. The van der Waals surface area contributed by atoms with E-state index in [1.165, 1.54) is 25.3 Å². The number of ether oxygens (including phenoxy) is 1. The monoisotopic (exact) mass is 289 g/mol. The Labute approximate surface area is 122 Å². The van der Waals surface area contributed by atoms with Gasteiger partial charge in [0.05, 0.1) is 7.11 Å². The molecule has 0 amide bonds. The zero-order chi connectivity index (χ0) is 15.3. The Bertz CT molecular complexity index is 621. The molecule has 0 saturated carbocycles. The Morgan fingerprint density at radius 2 is 2.05 bits per heavy atom. The molecule has 1 heterocycles. The van der Waals surface area contributed by atoms with Gasteiger partial charge in [0.2, 0.25) is 0 Å². The third-order valence-corrected chi connectivity index (χ3v) is 3.38. The van der Waals surface area contributed by atoms with Crippen molar-refractivity contribution in [3.8, 4) is 0 Å². The number of nitrogens with zero attached hydrogens (tertiary/aromatic N) is 2. The molecule has 0 aliphatic heterocycles. The average molecular weight is 289 g/mol. The maximum Gasteiger partial charge on any atom is 0.318 e. The third kappa shape index (κ3) is 3.05. The fourth-order valence-corrected chi connectivity index (χ4v) is 2.24. The summed E-state index contributed by atoms with van der Waals surface area (Å²) in [4.78, 5) is 20.5. The van der Waals surface area contributed by atoms with Crippen LogP contribution in [0.15, 0.2) is 42.7 Å². The van der Waals surface area contributed by atoms with Gasteiger partial charge >= 0.3 is 5.97 Å². The first-order valence-electron chi connectivity index (χ1n) is 6.43. The molecule has 0 aliphatic carbocycles. The lowest BCUT2D eigenvalue weighted by Gasteiger charge is -2.29. The first-order chi connectivity index (χ1) is 10.1. The number of aromatic nitrogens is 2. The SMILES string of the molecule is COC(=O)C(CN)(Cc1ncccn1)c1cccc(F)c1. The molecule has 1 unspecified atom stereocenters. The highest BCUT2D eigenvalue weighted by molar-refractivity contribution is 5.83. The van der Waals surface area contributed by atoms with E-state index in [4.69, 9.17) is 10.5 Å². The van der Waals surface area contributed by atoms with Gasteiger partial charge in [-0.2, -0.15) is 0 Å². The lowest BCUT2D eigenvalue weighted by Crippen LogP contribution is -2.46. The molecule has 0 saturated heterocycles. The molecule has 0 aliphatic rings. The van der Waals surface area contributed by atoms with E-state index < -0.39 is 17.2 Å². The van der Waals surface area contributed by atoms with Gasteiger partial charge in [-0.05, 0) is 23.8 Å². The second kappa shape index (κ2) is 6.41. The van der Waals surface area contributed by atoms with Crippen LogP contribution in [-0.4, -0.2) is 29.6 Å². The number of halogens is 1. The topological polar surface area (TPSA) is 78.1 Å². The molecule has 0 bridgehead atoms. The molecular weight excluding hydrogens is 273 g/mol. The Hall–Kier alpha value is -2.34. The van der Waals surface area contributed by atoms with Crippen LogP contribution >= 0.6 is 0 Å². The summed E-state index contributed by atoms with van der Waals surface area (Å²) >= 11 is 0. The molecule has 1 aromatic carbocycles. The Kier molecular flexibility index (Phi) is 4.59. The molecule has 21 heavy (non-hydrogen) atoms. The van der Waals surface area contributed by atoms with Crippen molar-refractivity contribution < 1.29 is 13.9 Å². The van der Waals surface area contributed by atoms with Crippen LogP contribution < -0.4 is 5.73 Å². The summed E-state index contributed by atoms with van der Waals surface area (Å²) in [6.45, 7) is -0.0403. The van der Waals surface area contributed by atoms with Crippen LogP contribution in [0.3, 0.4) is 0 Å². The van der Waals surface area contributed by atoms with E-state index in [-0.39, 0.29) is 13.0 Å². The minimum absolute atomic E-state index is 0.0403. The van der Waals surface area contributed by atoms with Crippen LogP contribution in [0.5, 0.6) is 0 Å². The van der Waals surface area contributed by atoms with Gasteiger partial charge in [0.1, 0.15) is 17.1 Å². The van der Waals surface area contributed by atoms with Crippen molar-refractivity contribution in [1.29, 1.82) is 0 Å². The van der Waals surface area contributed by atoms with Crippen molar-refractivity contribution in [2.24, 2.45) is 5.73 Å². The highest BCUT2D eigenvalue weighted by Gasteiger charge is 2.41. The van der Waals surface area contributed by atoms with Crippen LogP contribution in [0.4, 0.5) is 4.39 Å². The van der Waals surface area contributed by atoms with Crippen LogP contribution in [0.2, 0.25) is 0 Å². The number of nitrogens with two attached hydrogens (primary N) is 1. The van der Waals surface area contributed by atoms with Gasteiger partial charge < -0.3 is 10.5 Å². The fraction of sp³-hybridized carbons (Fsp3) is 0.267. The van der Waals surface area contributed by atoms with Gasteiger partial charge in [0.15, 0.2) is 0 Å². The van der Waals surface area contributed by atoms with E-state index in [1.807, 2.05) is 0 Å². The Morgan fingerprint density at radius 1 is 1.33 bits per heavy atom. The molecule has 1 aromatic heterocycles. The molecule has 0 fully saturated rings. The molecule has 2 aromatic rings. The van der Waals surface area contributed by atoms with Crippen LogP contribution in [0.1, 0.15) is 11.4 Å². The molecule has 2 rings (SSSR count). The number of esters is 1. The average Bonchev–Trinajstić information content (AvgIpc) is 2.53. The van der Waals surface area contributed by atoms with Crippen LogP contribution in [0.25, 0.3) is 0 Å². The predicted octanol–water partition coefficient (Wildman–Crippen LogP) is 1.23. The van der Waals surface area contributed by atoms with Crippen molar-refractivity contribution in [3.05, 3.63) is 59.9 Å². The molecule has 5 nitrogen and oxygen atoms in total. The van der Waals surface area contributed by atoms with Gasteiger partial charge in [0.25, 0.3) is 0 Å². The number of carbonyl (C=O) groups excluding carboxylic acids is 1. The van der Waals surface area contributed by atoms with Crippen molar-refractivity contribution in [3.63, 3.8) is 0 Å². The summed E-state index contributed by atoms with van der Waals surface area (Å²) in [7, 11) is 1.28. The van der Waals surface area contributed by atoms with Crippen molar-refractivity contribution in [1.82, 2.24) is 9.97 Å². The highest BCUT2D eigenvalue weighted by atomic mass is 19.1. The first-order valence-corrected chi connectivity index (χ1v) is 6.43. The van der Waals surface area contributed by atoms with Gasteiger partial charge in [0, 0.05) is 25.4 Å². The summed E-state index contributed by atoms with van der Waals surface area (Å²) in [6, 6.07) is 7.45. The lowest BCUT2D eigenvalue weighted by molar-refractivity contribution is -0.147. The molecule has 2 N–H and O–H groups in total. The molecule has 0 radical (unpaired) electrons. The molecule has 110 valence electrons. The maximum absolute atomic E-state index is 13.5. The normalized spacial score (nSPS) is 13.5.